The van der Waals surface area contributed by atoms with Crippen molar-refractivity contribution in [3.8, 4) is 0 Å². The Bertz CT molecular complexity index is 417. The van der Waals surface area contributed by atoms with Crippen LogP contribution in [0.3, 0.4) is 0 Å². The Morgan fingerprint density at radius 3 is 2.68 bits per heavy atom. The maximum atomic E-state index is 14.3. The first-order chi connectivity index (χ1) is 9.02. The fraction of sp³-hybridized carbons (Fsp3) is 0.571. The molecular formula is C14H20BrClFNO. The molecule has 108 valence electrons. The summed E-state index contributed by atoms with van der Waals surface area (Å²) >= 11 is 9.18. The summed E-state index contributed by atoms with van der Waals surface area (Å²) in [7, 11) is 0. The number of benzene rings is 1. The molecule has 1 N–H and O–H groups in total. The van der Waals surface area contributed by atoms with Crippen LogP contribution >= 0.6 is 27.5 Å². The fourth-order valence-corrected chi connectivity index (χ4v) is 2.45. The van der Waals surface area contributed by atoms with Crippen molar-refractivity contribution in [1.82, 2.24) is 5.32 Å². The Hall–Kier alpha value is -0.160. The van der Waals surface area contributed by atoms with Gasteiger partial charge < -0.3 is 10.1 Å². The minimum atomic E-state index is -0.392. The Labute approximate surface area is 127 Å². The number of nitrogens with one attached hydrogen (secondary N) is 1. The highest BCUT2D eigenvalue weighted by Crippen LogP contribution is 2.32. The summed E-state index contributed by atoms with van der Waals surface area (Å²) in [5.74, 6) is -0.392. The van der Waals surface area contributed by atoms with Gasteiger partial charge in [-0.15, -0.1) is 0 Å². The summed E-state index contributed by atoms with van der Waals surface area (Å²) < 4.78 is 20.4. The molecule has 0 radical (unpaired) electrons. The van der Waals surface area contributed by atoms with Crippen LogP contribution in [0, 0.1) is 5.82 Å². The molecule has 0 bridgehead atoms. The Morgan fingerprint density at radius 1 is 1.42 bits per heavy atom. The first kappa shape index (κ1) is 16.9. The summed E-state index contributed by atoms with van der Waals surface area (Å²) in [6.07, 6.45) is 0.851. The maximum absolute atomic E-state index is 14.3. The predicted octanol–water partition coefficient (Wildman–Crippen LogP) is 4.71. The monoisotopic (exact) mass is 351 g/mol. The topological polar surface area (TPSA) is 21.3 Å². The van der Waals surface area contributed by atoms with Crippen LogP contribution in [0.4, 0.5) is 4.39 Å². The van der Waals surface area contributed by atoms with Gasteiger partial charge in [-0.3, -0.25) is 0 Å². The normalized spacial score (nSPS) is 14.4. The van der Waals surface area contributed by atoms with E-state index in [9.17, 15) is 4.39 Å². The molecule has 0 spiro atoms. The zero-order valence-corrected chi connectivity index (χ0v) is 13.8. The number of ether oxygens (including phenoxy) is 1. The summed E-state index contributed by atoms with van der Waals surface area (Å²) in [4.78, 5) is 0. The van der Waals surface area contributed by atoms with Gasteiger partial charge in [0.05, 0.1) is 17.2 Å². The minimum absolute atomic E-state index is 0.115. The zero-order valence-electron chi connectivity index (χ0n) is 11.5. The number of halogens is 3. The van der Waals surface area contributed by atoms with E-state index in [0.29, 0.717) is 16.6 Å². The van der Waals surface area contributed by atoms with Crippen molar-refractivity contribution >= 4 is 27.5 Å². The van der Waals surface area contributed by atoms with Gasteiger partial charge in [-0.1, -0.05) is 24.6 Å². The van der Waals surface area contributed by atoms with E-state index >= 15 is 0 Å². The SMILES string of the molecule is CCCNC(c1ccc(Br)c(Cl)c1F)C(C)OCC. The highest BCUT2D eigenvalue weighted by molar-refractivity contribution is 9.10. The summed E-state index contributed by atoms with van der Waals surface area (Å²) in [6.45, 7) is 7.33. The molecule has 0 aliphatic rings. The van der Waals surface area contributed by atoms with Gasteiger partial charge in [0.25, 0.3) is 0 Å². The van der Waals surface area contributed by atoms with Gasteiger partial charge >= 0.3 is 0 Å². The molecule has 0 aliphatic heterocycles. The van der Waals surface area contributed by atoms with Gasteiger partial charge in [-0.05, 0) is 48.8 Å². The van der Waals surface area contributed by atoms with Gasteiger partial charge in [0.1, 0.15) is 5.82 Å². The maximum Gasteiger partial charge on any atom is 0.147 e. The molecule has 1 aromatic rings. The lowest BCUT2D eigenvalue weighted by atomic mass is 10.0. The lowest BCUT2D eigenvalue weighted by Gasteiger charge is -2.26. The average molecular weight is 353 g/mol. The molecular weight excluding hydrogens is 333 g/mol. The molecule has 0 saturated carbocycles. The van der Waals surface area contributed by atoms with Crippen molar-refractivity contribution in [2.24, 2.45) is 0 Å². The van der Waals surface area contributed by atoms with E-state index in [-0.39, 0.29) is 17.2 Å². The smallest absolute Gasteiger partial charge is 0.147 e. The zero-order chi connectivity index (χ0) is 14.4. The van der Waals surface area contributed by atoms with Gasteiger partial charge in [0.15, 0.2) is 0 Å². The van der Waals surface area contributed by atoms with E-state index in [1.54, 1.807) is 12.1 Å². The summed E-state index contributed by atoms with van der Waals surface area (Å²) in [5.41, 5.74) is 0.544. The van der Waals surface area contributed by atoms with Crippen LogP contribution in [-0.2, 0) is 4.74 Å². The van der Waals surface area contributed by atoms with Crippen molar-refractivity contribution in [2.75, 3.05) is 13.2 Å². The molecule has 0 aromatic heterocycles. The van der Waals surface area contributed by atoms with E-state index in [4.69, 9.17) is 16.3 Å². The molecule has 2 atom stereocenters. The van der Waals surface area contributed by atoms with E-state index in [0.717, 1.165) is 13.0 Å². The lowest BCUT2D eigenvalue weighted by molar-refractivity contribution is 0.0463. The van der Waals surface area contributed by atoms with Crippen LogP contribution in [-0.4, -0.2) is 19.3 Å². The van der Waals surface area contributed by atoms with E-state index in [2.05, 4.69) is 28.2 Å². The van der Waals surface area contributed by atoms with Crippen LogP contribution in [0.25, 0.3) is 0 Å². The highest BCUT2D eigenvalue weighted by atomic mass is 79.9. The van der Waals surface area contributed by atoms with Crippen LogP contribution < -0.4 is 5.32 Å². The third kappa shape index (κ3) is 4.42. The second kappa shape index (κ2) is 8.20. The van der Waals surface area contributed by atoms with Crippen LogP contribution in [0.5, 0.6) is 0 Å². The van der Waals surface area contributed by atoms with Crippen molar-refractivity contribution in [3.05, 3.63) is 33.0 Å². The minimum Gasteiger partial charge on any atom is -0.377 e. The molecule has 2 unspecified atom stereocenters. The van der Waals surface area contributed by atoms with E-state index in [1.165, 1.54) is 0 Å². The molecule has 19 heavy (non-hydrogen) atoms. The van der Waals surface area contributed by atoms with Crippen LogP contribution in [0.2, 0.25) is 5.02 Å². The lowest BCUT2D eigenvalue weighted by Crippen LogP contribution is -2.33. The van der Waals surface area contributed by atoms with Crippen molar-refractivity contribution in [1.29, 1.82) is 0 Å². The second-order valence-electron chi connectivity index (χ2n) is 4.36. The largest absolute Gasteiger partial charge is 0.377 e. The Kier molecular flexibility index (Phi) is 7.29. The molecule has 0 fully saturated rings. The second-order valence-corrected chi connectivity index (χ2v) is 5.59. The molecule has 0 saturated heterocycles. The standard InChI is InChI=1S/C14H20BrClFNO/c1-4-8-18-14(9(3)19-5-2)10-6-7-11(15)12(16)13(10)17/h6-7,9,14,18H,4-5,8H2,1-3H3. The van der Waals surface area contributed by atoms with Crippen molar-refractivity contribution < 1.29 is 9.13 Å². The third-order valence-corrected chi connectivity index (χ3v) is 4.17. The predicted molar refractivity (Wildman–Crippen MR) is 81.2 cm³/mol. The molecule has 0 aliphatic carbocycles. The molecule has 0 amide bonds. The number of hydrogen-bond donors (Lipinski definition) is 1. The number of rotatable bonds is 7. The quantitative estimate of drug-likeness (QED) is 0.718. The Balaban J connectivity index is 3.06. The van der Waals surface area contributed by atoms with Crippen molar-refractivity contribution in [3.63, 3.8) is 0 Å². The first-order valence-corrected chi connectivity index (χ1v) is 7.68. The summed E-state index contributed by atoms with van der Waals surface area (Å²) in [6, 6.07) is 3.30. The number of hydrogen-bond acceptors (Lipinski definition) is 2. The summed E-state index contributed by atoms with van der Waals surface area (Å²) in [5, 5.41) is 3.43. The average Bonchev–Trinajstić information content (AvgIpc) is 2.39. The van der Waals surface area contributed by atoms with Gasteiger partial charge in [0.2, 0.25) is 0 Å². The van der Waals surface area contributed by atoms with Crippen molar-refractivity contribution in [2.45, 2.75) is 39.3 Å². The fourth-order valence-electron chi connectivity index (χ4n) is 1.97. The molecule has 2 nitrogen and oxygen atoms in total. The Morgan fingerprint density at radius 2 is 2.11 bits per heavy atom. The van der Waals surface area contributed by atoms with Crippen LogP contribution in [0.1, 0.15) is 38.8 Å². The molecule has 1 aromatic carbocycles. The molecule has 5 heteroatoms. The first-order valence-electron chi connectivity index (χ1n) is 6.51. The molecule has 0 heterocycles. The molecule has 1 rings (SSSR count). The van der Waals surface area contributed by atoms with Gasteiger partial charge in [-0.25, -0.2) is 4.39 Å². The van der Waals surface area contributed by atoms with Gasteiger partial charge in [-0.2, -0.15) is 0 Å². The highest BCUT2D eigenvalue weighted by Gasteiger charge is 2.24. The van der Waals surface area contributed by atoms with Crippen LogP contribution in [0.15, 0.2) is 16.6 Å². The van der Waals surface area contributed by atoms with Gasteiger partial charge in [0, 0.05) is 16.6 Å². The van der Waals surface area contributed by atoms with E-state index in [1.807, 2.05) is 13.8 Å². The third-order valence-electron chi connectivity index (χ3n) is 2.91. The van der Waals surface area contributed by atoms with E-state index < -0.39 is 5.82 Å².